The second-order valence-corrected chi connectivity index (χ2v) is 6.07. The lowest BCUT2D eigenvalue weighted by molar-refractivity contribution is -0.254. The van der Waals surface area contributed by atoms with Gasteiger partial charge >= 0.3 is 0 Å². The molecule has 0 radical (unpaired) electrons. The van der Waals surface area contributed by atoms with Crippen LogP contribution in [0.2, 0.25) is 0 Å². The smallest absolute Gasteiger partial charge is 0.168 e. The molecule has 0 bridgehead atoms. The summed E-state index contributed by atoms with van der Waals surface area (Å²) in [6, 6.07) is 0. The van der Waals surface area contributed by atoms with E-state index >= 15 is 0 Å². The van der Waals surface area contributed by atoms with Crippen molar-refractivity contribution in [1.29, 1.82) is 0 Å². The maximum atomic E-state index is 5.96. The fraction of sp³-hybridized carbons (Fsp3) is 1.00. The first-order valence-corrected chi connectivity index (χ1v) is 9.12. The van der Waals surface area contributed by atoms with E-state index in [4.69, 9.17) is 15.2 Å². The van der Waals surface area contributed by atoms with Gasteiger partial charge in [0.2, 0.25) is 0 Å². The molecule has 1 atom stereocenters. The van der Waals surface area contributed by atoms with Gasteiger partial charge in [0.1, 0.15) is 0 Å². The van der Waals surface area contributed by atoms with Gasteiger partial charge in [-0.05, 0) is 46.6 Å². The van der Waals surface area contributed by atoms with E-state index in [1.54, 1.807) is 0 Å². The third-order valence-electron chi connectivity index (χ3n) is 4.27. The Balaban J connectivity index is 4.32. The first-order valence-electron chi connectivity index (χ1n) is 9.12. The van der Waals surface area contributed by atoms with E-state index in [-0.39, 0.29) is 0 Å². The summed E-state index contributed by atoms with van der Waals surface area (Å²) in [5.74, 6) is 0.00867. The maximum Gasteiger partial charge on any atom is 0.168 e. The topological polar surface area (TPSA) is 44.5 Å². The molecule has 0 saturated carbocycles. The molecule has 2 N–H and O–H groups in total. The molecule has 128 valence electrons. The summed E-state index contributed by atoms with van der Waals surface area (Å²) in [7, 11) is 0. The lowest BCUT2D eigenvalue weighted by Crippen LogP contribution is -2.41. The molecule has 0 aliphatic rings. The van der Waals surface area contributed by atoms with Crippen molar-refractivity contribution in [1.82, 2.24) is 0 Å². The van der Waals surface area contributed by atoms with Crippen LogP contribution in [0, 0.1) is 5.92 Å². The van der Waals surface area contributed by atoms with Crippen LogP contribution in [0.1, 0.15) is 85.5 Å². The minimum Gasteiger partial charge on any atom is -0.350 e. The van der Waals surface area contributed by atoms with Crippen LogP contribution in [0.4, 0.5) is 0 Å². The summed E-state index contributed by atoms with van der Waals surface area (Å²) >= 11 is 0. The van der Waals surface area contributed by atoms with Crippen molar-refractivity contribution in [2.24, 2.45) is 11.7 Å². The number of unbranched alkanes of at least 4 members (excludes halogenated alkanes) is 5. The van der Waals surface area contributed by atoms with Crippen LogP contribution in [0.25, 0.3) is 0 Å². The first kappa shape index (κ1) is 20.9. The molecule has 21 heavy (non-hydrogen) atoms. The molecule has 0 aromatic rings. The Labute approximate surface area is 133 Å². The largest absolute Gasteiger partial charge is 0.350 e. The Morgan fingerprint density at radius 1 is 0.810 bits per heavy atom. The number of nitrogens with two attached hydrogens (primary N) is 1. The highest BCUT2D eigenvalue weighted by atomic mass is 16.7. The molecule has 1 unspecified atom stereocenters. The van der Waals surface area contributed by atoms with Gasteiger partial charge in [-0.1, -0.05) is 45.4 Å². The zero-order valence-corrected chi connectivity index (χ0v) is 15.0. The molecular formula is C18H39NO2. The van der Waals surface area contributed by atoms with Crippen molar-refractivity contribution >= 4 is 0 Å². The fourth-order valence-electron chi connectivity index (χ4n) is 3.05. The van der Waals surface area contributed by atoms with Gasteiger partial charge in [-0.2, -0.15) is 0 Å². The quantitative estimate of drug-likeness (QED) is 0.346. The molecule has 0 heterocycles. The average Bonchev–Trinajstić information content (AvgIpc) is 2.46. The van der Waals surface area contributed by atoms with Crippen LogP contribution >= 0.6 is 0 Å². The molecule has 0 amide bonds. The highest BCUT2D eigenvalue weighted by Gasteiger charge is 2.34. The van der Waals surface area contributed by atoms with E-state index in [2.05, 4.69) is 13.8 Å². The first-order chi connectivity index (χ1) is 10.1. The van der Waals surface area contributed by atoms with Crippen molar-refractivity contribution in [3.63, 3.8) is 0 Å². The lowest BCUT2D eigenvalue weighted by Gasteiger charge is -2.37. The van der Waals surface area contributed by atoms with E-state index in [1.807, 2.05) is 13.8 Å². The zero-order valence-electron chi connectivity index (χ0n) is 15.0. The molecule has 0 rings (SSSR count). The maximum absolute atomic E-state index is 5.96. The van der Waals surface area contributed by atoms with E-state index in [1.165, 1.54) is 44.9 Å². The van der Waals surface area contributed by atoms with Crippen LogP contribution in [0.5, 0.6) is 0 Å². The normalized spacial score (nSPS) is 13.6. The van der Waals surface area contributed by atoms with Crippen LogP contribution in [-0.2, 0) is 9.47 Å². The third-order valence-corrected chi connectivity index (χ3v) is 4.27. The summed E-state index contributed by atoms with van der Waals surface area (Å²) < 4.78 is 11.9. The molecule has 0 aromatic carbocycles. The number of ether oxygens (including phenoxy) is 2. The SMILES string of the molecule is CCCCCCCCC(CCCN)C(C)(OCC)OCC. The minimum atomic E-state index is -0.442. The van der Waals surface area contributed by atoms with E-state index in [0.717, 1.165) is 19.4 Å². The van der Waals surface area contributed by atoms with Gasteiger partial charge in [-0.15, -0.1) is 0 Å². The van der Waals surface area contributed by atoms with Crippen molar-refractivity contribution < 1.29 is 9.47 Å². The Morgan fingerprint density at radius 3 is 1.86 bits per heavy atom. The van der Waals surface area contributed by atoms with Gasteiger partial charge in [0.15, 0.2) is 5.79 Å². The predicted octanol–water partition coefficient (Wildman–Crippen LogP) is 4.88. The Kier molecular flexibility index (Phi) is 13.5. The molecular weight excluding hydrogens is 262 g/mol. The van der Waals surface area contributed by atoms with E-state index in [9.17, 15) is 0 Å². The summed E-state index contributed by atoms with van der Waals surface area (Å²) in [5.41, 5.74) is 5.70. The number of rotatable bonds is 15. The Bertz CT molecular complexity index is 215. The highest BCUT2D eigenvalue weighted by Crippen LogP contribution is 2.32. The predicted molar refractivity (Wildman–Crippen MR) is 91.4 cm³/mol. The van der Waals surface area contributed by atoms with Gasteiger partial charge < -0.3 is 15.2 Å². The molecule has 0 spiro atoms. The van der Waals surface area contributed by atoms with Gasteiger partial charge in [-0.25, -0.2) is 0 Å². The van der Waals surface area contributed by atoms with Crippen molar-refractivity contribution in [2.75, 3.05) is 19.8 Å². The van der Waals surface area contributed by atoms with Crippen molar-refractivity contribution in [3.05, 3.63) is 0 Å². The highest BCUT2D eigenvalue weighted by molar-refractivity contribution is 4.76. The van der Waals surface area contributed by atoms with Crippen molar-refractivity contribution in [2.45, 2.75) is 91.3 Å². The third kappa shape index (κ3) is 9.49. The van der Waals surface area contributed by atoms with E-state index in [0.29, 0.717) is 19.1 Å². The monoisotopic (exact) mass is 301 g/mol. The van der Waals surface area contributed by atoms with Crippen LogP contribution in [0.15, 0.2) is 0 Å². The summed E-state index contributed by atoms with van der Waals surface area (Å²) in [4.78, 5) is 0. The second-order valence-electron chi connectivity index (χ2n) is 6.07. The fourth-order valence-corrected chi connectivity index (χ4v) is 3.05. The molecule has 0 fully saturated rings. The van der Waals surface area contributed by atoms with Gasteiger partial charge in [0.05, 0.1) is 0 Å². The molecule has 3 heteroatoms. The molecule has 3 nitrogen and oxygen atoms in total. The second kappa shape index (κ2) is 13.5. The number of hydrogen-bond acceptors (Lipinski definition) is 3. The van der Waals surface area contributed by atoms with Crippen LogP contribution in [0.3, 0.4) is 0 Å². The standard InChI is InChI=1S/C18H39NO2/c1-5-8-9-10-11-12-14-17(15-13-16-19)18(4,20-6-2)21-7-3/h17H,5-16,19H2,1-4H3. The molecule has 0 aliphatic heterocycles. The van der Waals surface area contributed by atoms with E-state index < -0.39 is 5.79 Å². The van der Waals surface area contributed by atoms with Crippen LogP contribution in [-0.4, -0.2) is 25.5 Å². The average molecular weight is 302 g/mol. The Hall–Kier alpha value is -0.120. The molecule has 0 saturated heterocycles. The summed E-state index contributed by atoms with van der Waals surface area (Å²) in [5, 5.41) is 0. The minimum absolute atomic E-state index is 0.442. The lowest BCUT2D eigenvalue weighted by atomic mass is 9.88. The number of hydrogen-bond donors (Lipinski definition) is 1. The van der Waals surface area contributed by atoms with Crippen LogP contribution < -0.4 is 5.73 Å². The van der Waals surface area contributed by atoms with Crippen molar-refractivity contribution in [3.8, 4) is 0 Å². The van der Waals surface area contributed by atoms with Gasteiger partial charge in [-0.3, -0.25) is 0 Å². The summed E-state index contributed by atoms with van der Waals surface area (Å²) in [6.07, 6.45) is 11.3. The molecule has 0 aromatic heterocycles. The summed E-state index contributed by atoms with van der Waals surface area (Å²) in [6.45, 7) is 10.6. The zero-order chi connectivity index (χ0) is 16.0. The van der Waals surface area contributed by atoms with Gasteiger partial charge in [0, 0.05) is 19.1 Å². The van der Waals surface area contributed by atoms with Gasteiger partial charge in [0.25, 0.3) is 0 Å². The molecule has 0 aliphatic carbocycles. The Morgan fingerprint density at radius 2 is 1.33 bits per heavy atom.